The Labute approximate surface area is 92.9 Å². The standard InChI is InChI=1S/C10H11ClN4/c1-3-8-4-9(11)14-10(13-8)7-5-12-15(2)6-7/h4-6H,3H2,1-2H3. The fourth-order valence-electron chi connectivity index (χ4n) is 1.31. The highest BCUT2D eigenvalue weighted by Crippen LogP contribution is 2.17. The molecule has 0 unspecified atom stereocenters. The van der Waals surface area contributed by atoms with Crippen LogP contribution in [0.2, 0.25) is 5.15 Å². The third-order valence-electron chi connectivity index (χ3n) is 2.07. The van der Waals surface area contributed by atoms with E-state index in [1.165, 1.54) is 0 Å². The minimum absolute atomic E-state index is 0.473. The predicted octanol–water partition coefficient (Wildman–Crippen LogP) is 2.09. The highest BCUT2D eigenvalue weighted by Gasteiger charge is 2.06. The van der Waals surface area contributed by atoms with Crippen molar-refractivity contribution < 1.29 is 0 Å². The van der Waals surface area contributed by atoms with Gasteiger partial charge in [-0.25, -0.2) is 9.97 Å². The molecule has 0 aliphatic rings. The van der Waals surface area contributed by atoms with Gasteiger partial charge in [-0.1, -0.05) is 18.5 Å². The molecule has 2 aromatic heterocycles. The highest BCUT2D eigenvalue weighted by molar-refractivity contribution is 6.29. The SMILES string of the molecule is CCc1cc(Cl)nc(-c2cnn(C)c2)n1. The van der Waals surface area contributed by atoms with Crippen LogP contribution in [0.1, 0.15) is 12.6 Å². The van der Waals surface area contributed by atoms with Crippen molar-refractivity contribution >= 4 is 11.6 Å². The largest absolute Gasteiger partial charge is 0.275 e. The molecule has 0 bridgehead atoms. The molecule has 0 aliphatic carbocycles. The Morgan fingerprint density at radius 1 is 1.40 bits per heavy atom. The monoisotopic (exact) mass is 222 g/mol. The van der Waals surface area contributed by atoms with Crippen LogP contribution < -0.4 is 0 Å². The lowest BCUT2D eigenvalue weighted by Gasteiger charge is -2.00. The Hall–Kier alpha value is -1.42. The minimum atomic E-state index is 0.473. The number of hydrogen-bond acceptors (Lipinski definition) is 3. The van der Waals surface area contributed by atoms with Crippen LogP contribution in [-0.4, -0.2) is 19.7 Å². The Kier molecular flexibility index (Phi) is 2.68. The van der Waals surface area contributed by atoms with Gasteiger partial charge in [-0.3, -0.25) is 4.68 Å². The lowest BCUT2D eigenvalue weighted by molar-refractivity contribution is 0.768. The van der Waals surface area contributed by atoms with E-state index in [-0.39, 0.29) is 0 Å². The van der Waals surface area contributed by atoms with Crippen molar-refractivity contribution in [2.45, 2.75) is 13.3 Å². The van der Waals surface area contributed by atoms with Gasteiger partial charge in [0.05, 0.1) is 11.8 Å². The van der Waals surface area contributed by atoms with E-state index in [9.17, 15) is 0 Å². The van der Waals surface area contributed by atoms with Crippen LogP contribution >= 0.6 is 11.6 Å². The molecule has 4 nitrogen and oxygen atoms in total. The predicted molar refractivity (Wildman–Crippen MR) is 58.6 cm³/mol. The molecule has 5 heteroatoms. The van der Waals surface area contributed by atoms with Gasteiger partial charge in [-0.15, -0.1) is 0 Å². The lowest BCUT2D eigenvalue weighted by atomic mass is 10.3. The molecule has 0 aliphatic heterocycles. The Morgan fingerprint density at radius 3 is 2.80 bits per heavy atom. The molecule has 0 spiro atoms. The number of hydrogen-bond donors (Lipinski definition) is 0. The third kappa shape index (κ3) is 2.15. The van der Waals surface area contributed by atoms with E-state index >= 15 is 0 Å². The van der Waals surface area contributed by atoms with E-state index in [2.05, 4.69) is 15.1 Å². The van der Waals surface area contributed by atoms with Crippen LogP contribution in [-0.2, 0) is 13.5 Å². The van der Waals surface area contributed by atoms with Crippen molar-refractivity contribution in [1.82, 2.24) is 19.7 Å². The summed E-state index contributed by atoms with van der Waals surface area (Å²) in [5, 5.41) is 4.54. The molecule has 15 heavy (non-hydrogen) atoms. The maximum Gasteiger partial charge on any atom is 0.164 e. The summed E-state index contributed by atoms with van der Waals surface area (Å²) in [6.07, 6.45) is 4.44. The average Bonchev–Trinajstić information content (AvgIpc) is 2.64. The molecule has 0 saturated heterocycles. The molecule has 0 fully saturated rings. The number of nitrogens with zero attached hydrogens (tertiary/aromatic N) is 4. The van der Waals surface area contributed by atoms with Crippen molar-refractivity contribution in [3.05, 3.63) is 29.3 Å². The fourth-order valence-corrected chi connectivity index (χ4v) is 1.52. The van der Waals surface area contributed by atoms with Crippen LogP contribution in [0, 0.1) is 0 Å². The maximum atomic E-state index is 5.91. The van der Waals surface area contributed by atoms with Crippen LogP contribution in [0.5, 0.6) is 0 Å². The Morgan fingerprint density at radius 2 is 2.20 bits per heavy atom. The van der Waals surface area contributed by atoms with Crippen molar-refractivity contribution in [1.29, 1.82) is 0 Å². The van der Waals surface area contributed by atoms with Gasteiger partial charge in [-0.2, -0.15) is 5.10 Å². The van der Waals surface area contributed by atoms with Crippen molar-refractivity contribution in [2.75, 3.05) is 0 Å². The van der Waals surface area contributed by atoms with Crippen molar-refractivity contribution in [3.8, 4) is 11.4 Å². The zero-order valence-electron chi connectivity index (χ0n) is 8.61. The third-order valence-corrected chi connectivity index (χ3v) is 2.27. The summed E-state index contributed by atoms with van der Waals surface area (Å²) in [4.78, 5) is 8.55. The normalized spacial score (nSPS) is 10.6. The summed E-state index contributed by atoms with van der Waals surface area (Å²) in [6, 6.07) is 1.78. The first kappa shape index (κ1) is 10.1. The summed E-state index contributed by atoms with van der Waals surface area (Å²) >= 11 is 5.91. The summed E-state index contributed by atoms with van der Waals surface area (Å²) in [7, 11) is 1.86. The second kappa shape index (κ2) is 3.98. The first-order valence-corrected chi connectivity index (χ1v) is 5.09. The van der Waals surface area contributed by atoms with Gasteiger partial charge in [0.15, 0.2) is 5.82 Å². The van der Waals surface area contributed by atoms with Crippen LogP contribution in [0.15, 0.2) is 18.5 Å². The van der Waals surface area contributed by atoms with E-state index in [1.54, 1.807) is 16.9 Å². The minimum Gasteiger partial charge on any atom is -0.275 e. The topological polar surface area (TPSA) is 43.6 Å². The number of aromatic nitrogens is 4. The number of halogens is 1. The molecule has 0 saturated carbocycles. The van der Waals surface area contributed by atoms with E-state index in [0.717, 1.165) is 17.7 Å². The smallest absolute Gasteiger partial charge is 0.164 e. The van der Waals surface area contributed by atoms with Crippen LogP contribution in [0.3, 0.4) is 0 Å². The molecule has 0 N–H and O–H groups in total. The van der Waals surface area contributed by atoms with E-state index in [1.807, 2.05) is 20.2 Å². The zero-order chi connectivity index (χ0) is 10.8. The molecule has 0 amide bonds. The van der Waals surface area contributed by atoms with E-state index in [0.29, 0.717) is 11.0 Å². The first-order valence-electron chi connectivity index (χ1n) is 4.71. The molecule has 0 atom stereocenters. The molecule has 2 aromatic rings. The molecule has 2 rings (SSSR count). The van der Waals surface area contributed by atoms with E-state index in [4.69, 9.17) is 11.6 Å². The summed E-state index contributed by atoms with van der Waals surface area (Å²) < 4.78 is 1.71. The van der Waals surface area contributed by atoms with Gasteiger partial charge in [0.1, 0.15) is 5.15 Å². The summed E-state index contributed by atoms with van der Waals surface area (Å²) in [6.45, 7) is 2.03. The van der Waals surface area contributed by atoms with E-state index < -0.39 is 0 Å². The maximum absolute atomic E-state index is 5.91. The Balaban J connectivity index is 2.48. The molecular weight excluding hydrogens is 212 g/mol. The molecular formula is C10H11ClN4. The van der Waals surface area contributed by atoms with Gasteiger partial charge in [0, 0.05) is 18.9 Å². The molecule has 0 aromatic carbocycles. The number of aryl methyl sites for hydroxylation is 2. The quantitative estimate of drug-likeness (QED) is 0.731. The highest BCUT2D eigenvalue weighted by atomic mass is 35.5. The first-order chi connectivity index (χ1) is 7.19. The molecule has 0 radical (unpaired) electrons. The molecule has 2 heterocycles. The zero-order valence-corrected chi connectivity index (χ0v) is 9.36. The van der Waals surface area contributed by atoms with Gasteiger partial charge in [0.25, 0.3) is 0 Å². The van der Waals surface area contributed by atoms with Gasteiger partial charge in [0.2, 0.25) is 0 Å². The van der Waals surface area contributed by atoms with Gasteiger partial charge >= 0.3 is 0 Å². The van der Waals surface area contributed by atoms with Gasteiger partial charge < -0.3 is 0 Å². The lowest BCUT2D eigenvalue weighted by Crippen LogP contribution is -1.94. The second-order valence-corrected chi connectivity index (χ2v) is 3.65. The van der Waals surface area contributed by atoms with Gasteiger partial charge in [-0.05, 0) is 12.5 Å². The second-order valence-electron chi connectivity index (χ2n) is 3.26. The Bertz CT molecular complexity index is 478. The van der Waals surface area contributed by atoms with Crippen molar-refractivity contribution in [3.63, 3.8) is 0 Å². The number of rotatable bonds is 2. The van der Waals surface area contributed by atoms with Crippen LogP contribution in [0.4, 0.5) is 0 Å². The van der Waals surface area contributed by atoms with Crippen molar-refractivity contribution in [2.24, 2.45) is 7.05 Å². The summed E-state index contributed by atoms with van der Waals surface area (Å²) in [5.41, 5.74) is 1.82. The van der Waals surface area contributed by atoms with Crippen LogP contribution in [0.25, 0.3) is 11.4 Å². The fraction of sp³-hybridized carbons (Fsp3) is 0.300. The summed E-state index contributed by atoms with van der Waals surface area (Å²) in [5.74, 6) is 0.632. The molecule has 78 valence electrons. The average molecular weight is 223 g/mol.